The maximum atomic E-state index is 13.4. The van der Waals surface area contributed by atoms with Crippen molar-refractivity contribution >= 4 is 23.8 Å². The van der Waals surface area contributed by atoms with Crippen LogP contribution in [-0.4, -0.2) is 35.4 Å². The summed E-state index contributed by atoms with van der Waals surface area (Å²) in [6.45, 7) is 0.0858. The largest absolute Gasteiger partial charge is 0.445 e. The van der Waals surface area contributed by atoms with Gasteiger partial charge >= 0.3 is 6.09 Å². The first-order valence-electron chi connectivity index (χ1n) is 12.0. The molecule has 4 saturated carbocycles. The number of nitrogens with one attached hydrogen (secondary N) is 3. The fourth-order valence-electron chi connectivity index (χ4n) is 6.09. The van der Waals surface area contributed by atoms with Gasteiger partial charge in [0.25, 0.3) is 0 Å². The molecule has 1 aromatic rings. The van der Waals surface area contributed by atoms with E-state index in [1.807, 2.05) is 30.3 Å². The number of fused-ring (bicyclic) bond motifs is 2. The highest BCUT2D eigenvalue weighted by atomic mass is 16.5. The van der Waals surface area contributed by atoms with Gasteiger partial charge in [-0.2, -0.15) is 5.26 Å². The number of imide groups is 1. The fraction of sp³-hybridized carbons (Fsp3) is 0.560. The first kappa shape index (κ1) is 22.4. The van der Waals surface area contributed by atoms with Crippen LogP contribution in [0.1, 0.15) is 44.1 Å². The number of amides is 4. The number of nitrogens with zero attached hydrogens (tertiary/aromatic N) is 1. The van der Waals surface area contributed by atoms with Gasteiger partial charge in [0, 0.05) is 5.92 Å². The molecule has 5 fully saturated rings. The zero-order valence-electron chi connectivity index (χ0n) is 18.8. The van der Waals surface area contributed by atoms with Crippen LogP contribution in [0.15, 0.2) is 30.3 Å². The fourth-order valence-corrected chi connectivity index (χ4v) is 6.09. The molecule has 1 aliphatic heterocycles. The lowest BCUT2D eigenvalue weighted by Gasteiger charge is -2.52. The van der Waals surface area contributed by atoms with Crippen molar-refractivity contribution in [3.8, 4) is 6.07 Å². The van der Waals surface area contributed by atoms with Gasteiger partial charge in [-0.25, -0.2) is 4.79 Å². The average molecular weight is 465 g/mol. The summed E-state index contributed by atoms with van der Waals surface area (Å²) in [7, 11) is 0. The van der Waals surface area contributed by atoms with E-state index in [4.69, 9.17) is 4.74 Å². The highest BCUT2D eigenvalue weighted by molar-refractivity contribution is 6.06. The third-order valence-corrected chi connectivity index (χ3v) is 7.88. The lowest BCUT2D eigenvalue weighted by atomic mass is 9.52. The van der Waals surface area contributed by atoms with Crippen molar-refractivity contribution in [3.05, 3.63) is 35.9 Å². The molecule has 4 amide bonds. The van der Waals surface area contributed by atoms with Crippen molar-refractivity contribution in [1.29, 1.82) is 5.26 Å². The molecule has 2 bridgehead atoms. The van der Waals surface area contributed by atoms with Crippen LogP contribution in [0.25, 0.3) is 0 Å². The van der Waals surface area contributed by atoms with E-state index in [1.165, 1.54) is 0 Å². The Morgan fingerprint density at radius 2 is 1.85 bits per heavy atom. The molecule has 178 valence electrons. The molecule has 0 spiro atoms. The van der Waals surface area contributed by atoms with E-state index in [0.29, 0.717) is 25.2 Å². The normalized spacial score (nSPS) is 32.2. The molecule has 1 saturated heterocycles. The molecule has 1 unspecified atom stereocenters. The molecule has 9 nitrogen and oxygen atoms in total. The molecule has 0 radical (unpaired) electrons. The number of hydrogen-bond acceptors (Lipinski definition) is 6. The molecule has 1 aromatic carbocycles. The number of nitriles is 1. The Hall–Kier alpha value is -3.41. The van der Waals surface area contributed by atoms with Crippen LogP contribution in [0.2, 0.25) is 0 Å². The molecule has 5 aliphatic rings. The van der Waals surface area contributed by atoms with Crippen LogP contribution in [-0.2, 0) is 25.7 Å². The zero-order valence-corrected chi connectivity index (χ0v) is 18.8. The standard InChI is InChI=1S/C25H28N4O5/c26-13-25(11-16-8-9-17(25)20-19(16)22(31)28-23(20)32)29-21(30)18(10-14-6-7-14)27-24(33)34-12-15-4-2-1-3-5-15/h1-5,14,16-20H,6-12H2,(H,27,33)(H,29,30)(H,28,31,32)/t16-,17-,18+,19+,20-,25?/m1/s1. The minimum absolute atomic E-state index is 0.0858. The second-order valence-electron chi connectivity index (χ2n) is 10.1. The molecular formula is C25H28N4O5. The highest BCUT2D eigenvalue weighted by Gasteiger charge is 2.64. The Morgan fingerprint density at radius 1 is 1.12 bits per heavy atom. The predicted molar refractivity (Wildman–Crippen MR) is 118 cm³/mol. The number of carbonyl (C=O) groups is 4. The molecule has 0 aromatic heterocycles. The van der Waals surface area contributed by atoms with E-state index in [-0.39, 0.29) is 24.3 Å². The Bertz CT molecular complexity index is 1050. The van der Waals surface area contributed by atoms with Crippen molar-refractivity contribution in [2.75, 3.05) is 0 Å². The summed E-state index contributed by atoms with van der Waals surface area (Å²) in [6.07, 6.45) is 3.43. The number of carbonyl (C=O) groups excluding carboxylic acids is 4. The Kier molecular flexibility index (Phi) is 5.76. The molecule has 4 aliphatic carbocycles. The topological polar surface area (TPSA) is 137 Å². The summed E-state index contributed by atoms with van der Waals surface area (Å²) in [4.78, 5) is 50.6. The quantitative estimate of drug-likeness (QED) is 0.526. The third kappa shape index (κ3) is 4.13. The van der Waals surface area contributed by atoms with Crippen LogP contribution in [0.4, 0.5) is 4.79 Å². The maximum absolute atomic E-state index is 13.4. The molecule has 6 rings (SSSR count). The van der Waals surface area contributed by atoms with Crippen LogP contribution < -0.4 is 16.0 Å². The molecule has 9 heteroatoms. The summed E-state index contributed by atoms with van der Waals surface area (Å²) in [5.41, 5.74) is -0.401. The summed E-state index contributed by atoms with van der Waals surface area (Å²) in [6, 6.07) is 10.7. The van der Waals surface area contributed by atoms with E-state index >= 15 is 0 Å². The van der Waals surface area contributed by atoms with Crippen LogP contribution in [0.3, 0.4) is 0 Å². The highest BCUT2D eigenvalue weighted by Crippen LogP contribution is 2.55. The number of hydrogen-bond donors (Lipinski definition) is 3. The first-order chi connectivity index (χ1) is 16.4. The number of ether oxygens (including phenoxy) is 1. The number of benzene rings is 1. The zero-order chi connectivity index (χ0) is 23.9. The van der Waals surface area contributed by atoms with Crippen LogP contribution >= 0.6 is 0 Å². The van der Waals surface area contributed by atoms with Crippen molar-refractivity contribution in [2.24, 2.45) is 29.6 Å². The molecular weight excluding hydrogens is 436 g/mol. The molecule has 6 atom stereocenters. The average Bonchev–Trinajstić information content (AvgIpc) is 3.61. The SMILES string of the molecule is N#CC1(NC(=O)[C@H](CC2CC2)NC(=O)OCc2ccccc2)C[C@H]2CC[C@@H]1[C@H]1C(=O)NC(=O)[C@@H]21. The van der Waals surface area contributed by atoms with E-state index in [9.17, 15) is 24.4 Å². The smallest absolute Gasteiger partial charge is 0.408 e. The van der Waals surface area contributed by atoms with Gasteiger partial charge in [0.15, 0.2) is 0 Å². The van der Waals surface area contributed by atoms with Crippen molar-refractivity contribution in [3.63, 3.8) is 0 Å². The first-order valence-corrected chi connectivity index (χ1v) is 12.0. The maximum Gasteiger partial charge on any atom is 0.408 e. The summed E-state index contributed by atoms with van der Waals surface area (Å²) >= 11 is 0. The molecule has 1 heterocycles. The Balaban J connectivity index is 1.28. The van der Waals surface area contributed by atoms with Crippen LogP contribution in [0, 0.1) is 40.9 Å². The Morgan fingerprint density at radius 3 is 2.56 bits per heavy atom. The van der Waals surface area contributed by atoms with Gasteiger partial charge in [-0.05, 0) is 43.1 Å². The lowest BCUT2D eigenvalue weighted by Crippen LogP contribution is -2.66. The second-order valence-corrected chi connectivity index (χ2v) is 10.1. The second kappa shape index (κ2) is 8.75. The minimum atomic E-state index is -1.24. The Labute approximate surface area is 197 Å². The van der Waals surface area contributed by atoms with E-state index < -0.39 is 41.3 Å². The van der Waals surface area contributed by atoms with Crippen molar-refractivity contribution in [2.45, 2.75) is 56.7 Å². The van der Waals surface area contributed by atoms with Crippen LogP contribution in [0.5, 0.6) is 0 Å². The number of alkyl carbamates (subject to hydrolysis) is 1. The summed E-state index contributed by atoms with van der Waals surface area (Å²) in [5, 5.41) is 18.2. The van der Waals surface area contributed by atoms with Gasteiger partial charge < -0.3 is 15.4 Å². The van der Waals surface area contributed by atoms with E-state index in [1.54, 1.807) is 0 Å². The van der Waals surface area contributed by atoms with E-state index in [0.717, 1.165) is 24.8 Å². The molecule has 3 N–H and O–H groups in total. The summed E-state index contributed by atoms with van der Waals surface area (Å²) in [5.74, 6) is -2.30. The minimum Gasteiger partial charge on any atom is -0.445 e. The third-order valence-electron chi connectivity index (χ3n) is 7.88. The van der Waals surface area contributed by atoms with Gasteiger partial charge in [-0.1, -0.05) is 43.2 Å². The predicted octanol–water partition coefficient (Wildman–Crippen LogP) is 1.78. The van der Waals surface area contributed by atoms with E-state index in [2.05, 4.69) is 22.0 Å². The molecule has 34 heavy (non-hydrogen) atoms. The van der Waals surface area contributed by atoms with Crippen molar-refractivity contribution < 1.29 is 23.9 Å². The van der Waals surface area contributed by atoms with Gasteiger partial charge in [-0.15, -0.1) is 0 Å². The lowest BCUT2D eigenvalue weighted by molar-refractivity contribution is -0.137. The van der Waals surface area contributed by atoms with Gasteiger partial charge in [0.05, 0.1) is 17.9 Å². The summed E-state index contributed by atoms with van der Waals surface area (Å²) < 4.78 is 5.30. The number of rotatable bonds is 7. The van der Waals surface area contributed by atoms with Crippen molar-refractivity contribution in [1.82, 2.24) is 16.0 Å². The van der Waals surface area contributed by atoms with Gasteiger partial charge in [0.2, 0.25) is 17.7 Å². The van der Waals surface area contributed by atoms with Gasteiger partial charge in [-0.3, -0.25) is 19.7 Å². The van der Waals surface area contributed by atoms with Gasteiger partial charge in [0.1, 0.15) is 18.2 Å². The monoisotopic (exact) mass is 464 g/mol.